The second-order valence-electron chi connectivity index (χ2n) is 5.26. The SMILES string of the molecule is CCCCOP(=O)(O)OC[C@H]1CC[C@H](n2ccc(=O)[nH]c2=O)O1.[K]. The van der Waals surface area contributed by atoms with Crippen LogP contribution in [0.25, 0.3) is 0 Å². The Hall–Kier alpha value is 0.386. The summed E-state index contributed by atoms with van der Waals surface area (Å²) in [6.45, 7) is 2.00. The minimum atomic E-state index is -4.08. The third-order valence-corrected chi connectivity index (χ3v) is 4.41. The summed E-state index contributed by atoms with van der Waals surface area (Å²) in [6, 6.07) is 1.23. The minimum Gasteiger partial charge on any atom is -0.352 e. The first-order valence-electron chi connectivity index (χ1n) is 7.50. The molecule has 1 fully saturated rings. The zero-order valence-corrected chi connectivity index (χ0v) is 17.9. The first-order valence-corrected chi connectivity index (χ1v) is 8.99. The fourth-order valence-electron chi connectivity index (χ4n) is 2.21. The Morgan fingerprint density at radius 3 is 2.83 bits per heavy atom. The van der Waals surface area contributed by atoms with E-state index in [2.05, 4.69) is 4.98 Å². The Balaban J connectivity index is 0.00000288. The number of hydrogen-bond donors (Lipinski definition) is 2. The molecule has 0 saturated carbocycles. The number of nitrogens with one attached hydrogen (secondary N) is 1. The first kappa shape index (κ1) is 22.4. The third kappa shape index (κ3) is 6.95. The van der Waals surface area contributed by atoms with Crippen LogP contribution in [0.4, 0.5) is 0 Å². The maximum absolute atomic E-state index is 11.7. The van der Waals surface area contributed by atoms with Crippen molar-refractivity contribution in [1.29, 1.82) is 0 Å². The molecule has 0 bridgehead atoms. The number of nitrogens with zero attached hydrogens (tertiary/aromatic N) is 1. The molecule has 3 atom stereocenters. The van der Waals surface area contributed by atoms with E-state index >= 15 is 0 Å². The second kappa shape index (κ2) is 10.5. The molecule has 9 nitrogen and oxygen atoms in total. The van der Waals surface area contributed by atoms with E-state index in [0.29, 0.717) is 19.3 Å². The van der Waals surface area contributed by atoms with Crippen LogP contribution in [0, 0.1) is 0 Å². The van der Waals surface area contributed by atoms with Crippen molar-refractivity contribution in [3.63, 3.8) is 0 Å². The number of ether oxygens (including phenoxy) is 1. The predicted octanol–water partition coefficient (Wildman–Crippen LogP) is 0.767. The Morgan fingerprint density at radius 1 is 1.42 bits per heavy atom. The quantitative estimate of drug-likeness (QED) is 0.384. The summed E-state index contributed by atoms with van der Waals surface area (Å²) in [5.74, 6) is 0. The average molecular weight is 387 g/mol. The van der Waals surface area contributed by atoms with Crippen molar-refractivity contribution in [1.82, 2.24) is 9.55 Å². The molecule has 2 N–H and O–H groups in total. The zero-order valence-electron chi connectivity index (χ0n) is 13.8. The van der Waals surface area contributed by atoms with Gasteiger partial charge in [-0.05, 0) is 19.3 Å². The van der Waals surface area contributed by atoms with Crippen LogP contribution in [0.5, 0.6) is 0 Å². The van der Waals surface area contributed by atoms with Gasteiger partial charge in [0.15, 0.2) is 0 Å². The zero-order chi connectivity index (χ0) is 16.9. The molecular weight excluding hydrogens is 366 g/mol. The monoisotopic (exact) mass is 387 g/mol. The molecule has 24 heavy (non-hydrogen) atoms. The van der Waals surface area contributed by atoms with Gasteiger partial charge in [0.2, 0.25) is 0 Å². The van der Waals surface area contributed by atoms with Gasteiger partial charge >= 0.3 is 13.5 Å². The van der Waals surface area contributed by atoms with Crippen LogP contribution in [-0.2, 0) is 18.3 Å². The van der Waals surface area contributed by atoms with Crippen molar-refractivity contribution >= 4 is 59.2 Å². The van der Waals surface area contributed by atoms with Crippen LogP contribution >= 0.6 is 7.82 Å². The van der Waals surface area contributed by atoms with Gasteiger partial charge in [-0.1, -0.05) is 13.3 Å². The van der Waals surface area contributed by atoms with E-state index in [1.54, 1.807) is 0 Å². The van der Waals surface area contributed by atoms with Crippen LogP contribution in [0.1, 0.15) is 38.8 Å². The fraction of sp³-hybridized carbons (Fsp3) is 0.692. The molecule has 0 amide bonds. The van der Waals surface area contributed by atoms with E-state index in [0.717, 1.165) is 6.42 Å². The second-order valence-corrected chi connectivity index (χ2v) is 6.71. The standard InChI is InChI=1S/C13H21N2O7P.K/c1-2-3-8-20-23(18,19)21-9-10-4-5-12(22-10)15-7-6-11(16)14-13(15)17;/h6-7,10,12H,2-5,8-9H2,1H3,(H,18,19)(H,14,16,17);/t10-,12-;/m1./s1. The van der Waals surface area contributed by atoms with E-state index in [-0.39, 0.29) is 64.6 Å². The summed E-state index contributed by atoms with van der Waals surface area (Å²) < 4.78 is 28.3. The van der Waals surface area contributed by atoms with Gasteiger partial charge in [0.05, 0.1) is 19.3 Å². The Bertz CT molecular complexity index is 677. The molecular formula is C13H21KN2O7P. The van der Waals surface area contributed by atoms with Crippen molar-refractivity contribution in [2.24, 2.45) is 0 Å². The van der Waals surface area contributed by atoms with Crippen LogP contribution in [0.2, 0.25) is 0 Å². The molecule has 2 heterocycles. The molecule has 1 radical (unpaired) electrons. The van der Waals surface area contributed by atoms with Crippen molar-refractivity contribution in [3.8, 4) is 0 Å². The summed E-state index contributed by atoms with van der Waals surface area (Å²) in [5.41, 5.74) is -1.03. The Kier molecular flexibility index (Phi) is 9.83. The summed E-state index contributed by atoms with van der Waals surface area (Å²) >= 11 is 0. The largest absolute Gasteiger partial charge is 0.472 e. The molecule has 0 aromatic carbocycles. The normalized spacial score (nSPS) is 22.8. The minimum absolute atomic E-state index is 0. The number of rotatable bonds is 8. The van der Waals surface area contributed by atoms with Crippen molar-refractivity contribution in [3.05, 3.63) is 33.1 Å². The molecule has 131 valence electrons. The molecule has 0 aliphatic carbocycles. The molecule has 11 heteroatoms. The smallest absolute Gasteiger partial charge is 0.352 e. The maximum Gasteiger partial charge on any atom is 0.472 e. The molecule has 1 saturated heterocycles. The van der Waals surface area contributed by atoms with Gasteiger partial charge in [0.1, 0.15) is 6.23 Å². The van der Waals surface area contributed by atoms with E-state index in [1.165, 1.54) is 16.8 Å². The molecule has 1 aliphatic rings. The van der Waals surface area contributed by atoms with Crippen molar-refractivity contribution in [2.75, 3.05) is 13.2 Å². The number of unbranched alkanes of at least 4 members (excludes halogenated alkanes) is 1. The molecule has 0 spiro atoms. The third-order valence-electron chi connectivity index (χ3n) is 3.42. The van der Waals surface area contributed by atoms with Gasteiger partial charge in [0.25, 0.3) is 5.56 Å². The number of aromatic amines is 1. The number of aromatic nitrogens is 2. The van der Waals surface area contributed by atoms with Crippen molar-refractivity contribution < 1.29 is 23.2 Å². The van der Waals surface area contributed by atoms with E-state index < -0.39 is 31.4 Å². The topological polar surface area (TPSA) is 120 Å². The Labute approximate surface area is 181 Å². The molecule has 1 aliphatic heterocycles. The van der Waals surface area contributed by atoms with Gasteiger partial charge in [-0.25, -0.2) is 9.36 Å². The summed E-state index contributed by atoms with van der Waals surface area (Å²) in [6.07, 6.45) is 3.02. The van der Waals surface area contributed by atoms with E-state index in [4.69, 9.17) is 13.8 Å². The fourth-order valence-corrected chi connectivity index (χ4v) is 3.00. The van der Waals surface area contributed by atoms with E-state index in [9.17, 15) is 19.0 Å². The van der Waals surface area contributed by atoms with Gasteiger partial charge in [0, 0.05) is 63.6 Å². The summed E-state index contributed by atoms with van der Waals surface area (Å²) in [7, 11) is -4.08. The van der Waals surface area contributed by atoms with Crippen LogP contribution in [0.15, 0.2) is 21.9 Å². The number of phosphoric acid groups is 1. The molecule has 1 unspecified atom stereocenters. The van der Waals surface area contributed by atoms with Gasteiger partial charge in [-0.15, -0.1) is 0 Å². The number of hydrogen-bond acceptors (Lipinski definition) is 6. The first-order chi connectivity index (χ1) is 10.9. The van der Waals surface area contributed by atoms with Crippen LogP contribution in [-0.4, -0.2) is 85.1 Å². The molecule has 1 aromatic rings. The van der Waals surface area contributed by atoms with Crippen LogP contribution < -0.4 is 11.2 Å². The average Bonchev–Trinajstić information content (AvgIpc) is 2.94. The maximum atomic E-state index is 11.7. The summed E-state index contributed by atoms with van der Waals surface area (Å²) in [4.78, 5) is 34.4. The van der Waals surface area contributed by atoms with Gasteiger partial charge in [-0.3, -0.25) is 23.4 Å². The Morgan fingerprint density at radius 2 is 2.17 bits per heavy atom. The summed E-state index contributed by atoms with van der Waals surface area (Å²) in [5, 5.41) is 0. The van der Waals surface area contributed by atoms with Crippen LogP contribution in [0.3, 0.4) is 0 Å². The van der Waals surface area contributed by atoms with Crippen molar-refractivity contribution in [2.45, 2.75) is 44.9 Å². The van der Waals surface area contributed by atoms with Gasteiger partial charge in [-0.2, -0.15) is 0 Å². The number of H-pyrrole nitrogens is 1. The molecule has 2 rings (SSSR count). The van der Waals surface area contributed by atoms with E-state index in [1.807, 2.05) is 6.92 Å². The number of phosphoric ester groups is 1. The predicted molar refractivity (Wildman–Crippen MR) is 86.9 cm³/mol. The van der Waals surface area contributed by atoms with Gasteiger partial charge < -0.3 is 9.63 Å². The molecule has 1 aromatic heterocycles.